The number of benzene rings is 1. The minimum Gasteiger partial charge on any atom is -0.369 e. The first-order valence-electron chi connectivity index (χ1n) is 7.28. The number of nitrogens with two attached hydrogens (primary N) is 1. The van der Waals surface area contributed by atoms with Crippen molar-refractivity contribution in [3.63, 3.8) is 0 Å². The number of para-hydroxylation sites is 1. The van der Waals surface area contributed by atoms with Crippen LogP contribution >= 0.6 is 11.8 Å². The highest BCUT2D eigenvalue weighted by molar-refractivity contribution is 8.00. The van der Waals surface area contributed by atoms with E-state index in [4.69, 9.17) is 5.73 Å². The van der Waals surface area contributed by atoms with Crippen LogP contribution in [0.5, 0.6) is 0 Å². The average Bonchev–Trinajstić information content (AvgIpc) is 2.98. The van der Waals surface area contributed by atoms with Gasteiger partial charge in [-0.05, 0) is 18.1 Å². The monoisotopic (exact) mass is 327 g/mol. The molecule has 6 nitrogen and oxygen atoms in total. The van der Waals surface area contributed by atoms with E-state index in [0.29, 0.717) is 5.03 Å². The maximum absolute atomic E-state index is 11.1. The van der Waals surface area contributed by atoms with E-state index in [1.165, 1.54) is 11.8 Å². The number of carbonyl (C=O) groups excluding carboxylic acids is 1. The molecule has 2 N–H and O–H groups in total. The van der Waals surface area contributed by atoms with Crippen LogP contribution in [0.1, 0.15) is 25.5 Å². The van der Waals surface area contributed by atoms with Gasteiger partial charge in [-0.25, -0.2) is 4.68 Å². The lowest BCUT2D eigenvalue weighted by atomic mass is 10.1. The molecule has 2 aromatic heterocycles. The van der Waals surface area contributed by atoms with Gasteiger partial charge in [0.2, 0.25) is 5.91 Å². The van der Waals surface area contributed by atoms with Gasteiger partial charge in [0.1, 0.15) is 10.5 Å². The quantitative estimate of drug-likeness (QED) is 0.728. The maximum Gasteiger partial charge on any atom is 0.227 e. The van der Waals surface area contributed by atoms with Crippen molar-refractivity contribution in [3.05, 3.63) is 42.2 Å². The van der Waals surface area contributed by atoms with Gasteiger partial charge in [0.25, 0.3) is 0 Å². The maximum atomic E-state index is 11.1. The number of primary amides is 1. The van der Waals surface area contributed by atoms with Crippen molar-refractivity contribution < 1.29 is 4.79 Å². The lowest BCUT2D eigenvalue weighted by molar-refractivity contribution is -0.115. The van der Waals surface area contributed by atoms with Crippen molar-refractivity contribution in [1.29, 1.82) is 0 Å². The molecule has 0 radical (unpaired) electrons. The minimum absolute atomic E-state index is 0.158. The summed E-state index contributed by atoms with van der Waals surface area (Å²) in [5.74, 6) is 0.00222. The molecule has 1 amide bonds. The van der Waals surface area contributed by atoms with Crippen molar-refractivity contribution in [3.8, 4) is 5.69 Å². The number of amides is 1. The molecule has 0 bridgehead atoms. The highest BCUT2D eigenvalue weighted by Crippen LogP contribution is 2.31. The molecule has 3 rings (SSSR count). The van der Waals surface area contributed by atoms with Gasteiger partial charge in [-0.15, -0.1) is 5.10 Å². The van der Waals surface area contributed by atoms with Gasteiger partial charge in [0, 0.05) is 5.39 Å². The summed E-state index contributed by atoms with van der Waals surface area (Å²) < 4.78 is 1.83. The molecule has 7 heteroatoms. The van der Waals surface area contributed by atoms with Crippen molar-refractivity contribution in [2.24, 2.45) is 5.73 Å². The number of aromatic nitrogens is 4. The molecule has 118 valence electrons. The van der Waals surface area contributed by atoms with Crippen LogP contribution in [0, 0.1) is 0 Å². The van der Waals surface area contributed by atoms with Crippen molar-refractivity contribution in [2.75, 3.05) is 5.75 Å². The van der Waals surface area contributed by atoms with Crippen LogP contribution in [-0.4, -0.2) is 31.6 Å². The van der Waals surface area contributed by atoms with Crippen LogP contribution in [0.4, 0.5) is 0 Å². The molecule has 0 aliphatic heterocycles. The van der Waals surface area contributed by atoms with E-state index in [2.05, 4.69) is 29.1 Å². The largest absolute Gasteiger partial charge is 0.369 e. The number of carbonyl (C=O) groups is 1. The summed E-state index contributed by atoms with van der Waals surface area (Å²) in [6, 6.07) is 9.82. The van der Waals surface area contributed by atoms with E-state index in [-0.39, 0.29) is 17.6 Å². The fourth-order valence-corrected chi connectivity index (χ4v) is 3.08. The van der Waals surface area contributed by atoms with Crippen molar-refractivity contribution in [2.45, 2.75) is 24.8 Å². The van der Waals surface area contributed by atoms with E-state index < -0.39 is 0 Å². The molecule has 0 aliphatic rings. The highest BCUT2D eigenvalue weighted by atomic mass is 32.2. The second kappa shape index (κ2) is 6.37. The van der Waals surface area contributed by atoms with Crippen LogP contribution in [0.25, 0.3) is 16.6 Å². The van der Waals surface area contributed by atoms with Gasteiger partial charge >= 0.3 is 0 Å². The molecular weight excluding hydrogens is 310 g/mol. The first-order valence-corrected chi connectivity index (χ1v) is 8.27. The molecule has 0 saturated heterocycles. The van der Waals surface area contributed by atoms with Gasteiger partial charge in [0.05, 0.1) is 23.3 Å². The lowest BCUT2D eigenvalue weighted by Gasteiger charge is -2.10. The summed E-state index contributed by atoms with van der Waals surface area (Å²) in [4.78, 5) is 11.1. The standard InChI is InChI=1S/C16H17N5OS/c1-10(2)14-12-8-18-21(11-6-4-3-5-7-11)15(12)16(20-19-14)23-9-13(17)22/h3-8,10H,9H2,1-2H3,(H2,17,22). The normalized spacial score (nSPS) is 11.3. The molecule has 2 heterocycles. The number of thioether (sulfide) groups is 1. The summed E-state index contributed by atoms with van der Waals surface area (Å²) >= 11 is 1.28. The SMILES string of the molecule is CC(C)c1nnc(SCC(N)=O)c2c1cnn2-c1ccccc1. The van der Waals surface area contributed by atoms with Crippen molar-refractivity contribution >= 4 is 28.6 Å². The Morgan fingerprint density at radius 3 is 2.65 bits per heavy atom. The molecule has 23 heavy (non-hydrogen) atoms. The summed E-state index contributed by atoms with van der Waals surface area (Å²) in [5, 5.41) is 14.7. The summed E-state index contributed by atoms with van der Waals surface area (Å²) in [5.41, 5.74) is 7.95. The smallest absolute Gasteiger partial charge is 0.227 e. The predicted octanol–water partition coefficient (Wildman–Crippen LogP) is 2.52. The Hall–Kier alpha value is -2.41. The molecule has 0 unspecified atom stereocenters. The van der Waals surface area contributed by atoms with Crippen LogP contribution in [0.3, 0.4) is 0 Å². The molecule has 0 atom stereocenters. The number of hydrogen-bond acceptors (Lipinski definition) is 5. The second-order valence-corrected chi connectivity index (χ2v) is 6.42. The van der Waals surface area contributed by atoms with Gasteiger partial charge in [-0.3, -0.25) is 4.79 Å². The van der Waals surface area contributed by atoms with Crippen LogP contribution < -0.4 is 5.73 Å². The van der Waals surface area contributed by atoms with Crippen LogP contribution in [0.15, 0.2) is 41.6 Å². The zero-order valence-electron chi connectivity index (χ0n) is 12.9. The number of hydrogen-bond donors (Lipinski definition) is 1. The molecule has 0 spiro atoms. The first kappa shape index (κ1) is 15.5. The van der Waals surface area contributed by atoms with Gasteiger partial charge in [-0.1, -0.05) is 43.8 Å². The zero-order chi connectivity index (χ0) is 16.4. The molecule has 1 aromatic carbocycles. The third-order valence-corrected chi connectivity index (χ3v) is 4.37. The predicted molar refractivity (Wildman–Crippen MR) is 90.7 cm³/mol. The Balaban J connectivity index is 2.21. The van der Waals surface area contributed by atoms with Gasteiger partial charge < -0.3 is 5.73 Å². The summed E-state index contributed by atoms with van der Waals surface area (Å²) in [7, 11) is 0. The van der Waals surface area contributed by atoms with Gasteiger partial charge in [0.15, 0.2) is 0 Å². The Bertz CT molecular complexity index is 844. The van der Waals surface area contributed by atoms with E-state index in [9.17, 15) is 4.79 Å². The highest BCUT2D eigenvalue weighted by Gasteiger charge is 2.18. The van der Waals surface area contributed by atoms with E-state index in [1.807, 2.05) is 35.0 Å². The third-order valence-electron chi connectivity index (χ3n) is 3.40. The van der Waals surface area contributed by atoms with Crippen LogP contribution in [0.2, 0.25) is 0 Å². The van der Waals surface area contributed by atoms with E-state index in [1.54, 1.807) is 6.20 Å². The fraction of sp³-hybridized carbons (Fsp3) is 0.250. The number of nitrogens with zero attached hydrogens (tertiary/aromatic N) is 4. The molecule has 3 aromatic rings. The number of rotatable bonds is 5. The summed E-state index contributed by atoms with van der Waals surface area (Å²) in [6.45, 7) is 4.14. The molecule has 0 fully saturated rings. The lowest BCUT2D eigenvalue weighted by Crippen LogP contribution is -2.13. The van der Waals surface area contributed by atoms with E-state index in [0.717, 1.165) is 22.3 Å². The van der Waals surface area contributed by atoms with Crippen molar-refractivity contribution in [1.82, 2.24) is 20.0 Å². The third kappa shape index (κ3) is 3.05. The fourth-order valence-electron chi connectivity index (χ4n) is 2.37. The van der Waals surface area contributed by atoms with E-state index >= 15 is 0 Å². The Morgan fingerprint density at radius 2 is 2.00 bits per heavy atom. The minimum atomic E-state index is -0.385. The second-order valence-electron chi connectivity index (χ2n) is 5.45. The van der Waals surface area contributed by atoms with Crippen LogP contribution in [-0.2, 0) is 4.79 Å². The Labute approximate surface area is 138 Å². The molecule has 0 saturated carbocycles. The summed E-state index contributed by atoms with van der Waals surface area (Å²) in [6.07, 6.45) is 1.81. The molecule has 0 aliphatic carbocycles. The topological polar surface area (TPSA) is 86.7 Å². The van der Waals surface area contributed by atoms with Gasteiger partial charge in [-0.2, -0.15) is 10.2 Å². The Kier molecular flexibility index (Phi) is 4.29. The Morgan fingerprint density at radius 1 is 1.26 bits per heavy atom. The molecular formula is C16H17N5OS. The number of fused-ring (bicyclic) bond motifs is 1. The average molecular weight is 327 g/mol. The zero-order valence-corrected chi connectivity index (χ0v) is 13.7. The first-order chi connectivity index (χ1) is 11.1.